The Morgan fingerprint density at radius 3 is 2.71 bits per heavy atom. The number of benzene rings is 2. The number of hydrogen-bond donors (Lipinski definition) is 0. The summed E-state index contributed by atoms with van der Waals surface area (Å²) >= 11 is 6.19. The van der Waals surface area contributed by atoms with E-state index >= 15 is 0 Å². The van der Waals surface area contributed by atoms with Gasteiger partial charge in [0.15, 0.2) is 11.6 Å². The maximum Gasteiger partial charge on any atom is 0.264 e. The molecule has 7 nitrogen and oxygen atoms in total. The second-order valence-corrected chi connectivity index (χ2v) is 8.22. The largest absolute Gasteiger partial charge is 0.279 e. The Morgan fingerprint density at radius 1 is 1.18 bits per heavy atom. The van der Waals surface area contributed by atoms with E-state index in [0.29, 0.717) is 33.4 Å². The van der Waals surface area contributed by atoms with E-state index in [4.69, 9.17) is 15.8 Å². The molecule has 3 aromatic rings. The van der Waals surface area contributed by atoms with Crippen LogP contribution >= 0.6 is 11.6 Å². The molecular weight excluding hydrogens is 407 g/mol. The molecule has 0 aliphatic carbocycles. The third kappa shape index (κ3) is 3.56. The maximum absolute atomic E-state index is 14.5. The van der Waals surface area contributed by atoms with Crippen molar-refractivity contribution in [2.45, 2.75) is 13.2 Å². The van der Waals surface area contributed by atoms with Crippen molar-refractivity contribution in [2.24, 2.45) is 4.99 Å². The summed E-state index contributed by atoms with van der Waals surface area (Å²) in [6.07, 6.45) is 0.958. The molecule has 28 heavy (non-hydrogen) atoms. The first-order valence-corrected chi connectivity index (χ1v) is 10.4. The van der Waals surface area contributed by atoms with Gasteiger partial charge in [0.2, 0.25) is 0 Å². The highest BCUT2D eigenvalue weighted by Gasteiger charge is 2.25. The lowest BCUT2D eigenvalue weighted by molar-refractivity contribution is 0.299. The number of rotatable bonds is 4. The van der Waals surface area contributed by atoms with E-state index in [1.807, 2.05) is 0 Å². The predicted octanol–water partition coefficient (Wildman–Crippen LogP) is 2.89. The molecule has 0 fully saturated rings. The molecule has 0 saturated heterocycles. The summed E-state index contributed by atoms with van der Waals surface area (Å²) in [5.41, 5.74) is 1.95. The normalized spacial score (nSPS) is 13.5. The predicted molar refractivity (Wildman–Crippen MR) is 102 cm³/mol. The van der Waals surface area contributed by atoms with Crippen molar-refractivity contribution in [1.29, 1.82) is 0 Å². The Kier molecular flexibility index (Phi) is 4.74. The monoisotopic (exact) mass is 420 g/mol. The molecule has 1 aliphatic rings. The number of aromatic nitrogens is 3. The van der Waals surface area contributed by atoms with Gasteiger partial charge in [0.1, 0.15) is 19.0 Å². The molecule has 0 saturated carbocycles. The van der Waals surface area contributed by atoms with Crippen molar-refractivity contribution in [3.63, 3.8) is 0 Å². The zero-order chi connectivity index (χ0) is 19.9. The van der Waals surface area contributed by atoms with Crippen molar-refractivity contribution >= 4 is 27.4 Å². The van der Waals surface area contributed by atoms with E-state index in [2.05, 4.69) is 15.2 Å². The number of nitrogens with zero attached hydrogens (tertiary/aromatic N) is 4. The zero-order valence-corrected chi connectivity index (χ0v) is 16.2. The van der Waals surface area contributed by atoms with Gasteiger partial charge in [0.05, 0.1) is 17.7 Å². The summed E-state index contributed by atoms with van der Waals surface area (Å²) < 4.78 is 43.7. The van der Waals surface area contributed by atoms with Gasteiger partial charge in [0.25, 0.3) is 10.1 Å². The minimum atomic E-state index is -3.66. The molecule has 10 heteroatoms. The fraction of sp³-hybridized carbons (Fsp3) is 0.167. The van der Waals surface area contributed by atoms with Crippen molar-refractivity contribution in [2.75, 3.05) is 6.26 Å². The molecule has 0 radical (unpaired) electrons. The van der Waals surface area contributed by atoms with Crippen LogP contribution in [0.1, 0.15) is 22.8 Å². The smallest absolute Gasteiger partial charge is 0.264 e. The maximum atomic E-state index is 14.5. The molecule has 144 valence electrons. The third-order valence-corrected chi connectivity index (χ3v) is 4.94. The van der Waals surface area contributed by atoms with Gasteiger partial charge in [-0.25, -0.2) is 4.39 Å². The van der Waals surface area contributed by atoms with Crippen LogP contribution in [0.4, 0.5) is 4.39 Å². The molecule has 0 atom stereocenters. The Morgan fingerprint density at radius 2 is 1.96 bits per heavy atom. The lowest BCUT2D eigenvalue weighted by atomic mass is 10.00. The molecule has 0 bridgehead atoms. The van der Waals surface area contributed by atoms with Gasteiger partial charge < -0.3 is 0 Å². The van der Waals surface area contributed by atoms with E-state index in [1.54, 1.807) is 41.0 Å². The standard InChI is InChI=1S/C18H14ClFN4O3S/c1-28(25,26)27-10-17-23-22-16-9-21-18(12-4-2-3-5-14(12)20)13-8-11(19)6-7-15(13)24(16)17/h2-8H,9-10H2,1H3. The minimum absolute atomic E-state index is 0.127. The molecule has 4 rings (SSSR count). The molecule has 0 spiro atoms. The molecule has 1 aromatic heterocycles. The zero-order valence-electron chi connectivity index (χ0n) is 14.6. The summed E-state index contributed by atoms with van der Waals surface area (Å²) in [5.74, 6) is 0.349. The van der Waals surface area contributed by atoms with Gasteiger partial charge in [-0.3, -0.25) is 13.7 Å². The molecule has 0 unspecified atom stereocenters. The summed E-state index contributed by atoms with van der Waals surface area (Å²) in [7, 11) is -3.66. The quantitative estimate of drug-likeness (QED) is 0.606. The first kappa shape index (κ1) is 18.7. The van der Waals surface area contributed by atoms with Crippen LogP contribution in [0.15, 0.2) is 47.5 Å². The number of hydrogen-bond acceptors (Lipinski definition) is 6. The lowest BCUT2D eigenvalue weighted by Crippen LogP contribution is -2.12. The highest BCUT2D eigenvalue weighted by Crippen LogP contribution is 2.29. The van der Waals surface area contributed by atoms with Gasteiger partial charge in [-0.2, -0.15) is 8.42 Å². The highest BCUT2D eigenvalue weighted by molar-refractivity contribution is 7.85. The number of fused-ring (bicyclic) bond motifs is 3. The fourth-order valence-electron chi connectivity index (χ4n) is 3.00. The number of halogens is 2. The average molecular weight is 421 g/mol. The molecule has 0 N–H and O–H groups in total. The van der Waals surface area contributed by atoms with Crippen molar-refractivity contribution < 1.29 is 17.0 Å². The van der Waals surface area contributed by atoms with E-state index in [1.165, 1.54) is 6.07 Å². The van der Waals surface area contributed by atoms with Crippen molar-refractivity contribution in [1.82, 2.24) is 14.8 Å². The van der Waals surface area contributed by atoms with Crippen molar-refractivity contribution in [3.05, 3.63) is 76.1 Å². The first-order chi connectivity index (χ1) is 13.3. The van der Waals surface area contributed by atoms with Crippen molar-refractivity contribution in [3.8, 4) is 5.69 Å². The summed E-state index contributed by atoms with van der Waals surface area (Å²) in [6, 6.07) is 11.4. The Hall–Kier alpha value is -2.62. The first-order valence-electron chi connectivity index (χ1n) is 8.21. The molecule has 1 aliphatic heterocycles. The van der Waals surface area contributed by atoms with Gasteiger partial charge in [-0.05, 0) is 30.3 Å². The van der Waals surface area contributed by atoms with E-state index in [9.17, 15) is 12.8 Å². The molecular formula is C18H14ClFN4O3S. The Labute approximate surface area is 165 Å². The van der Waals surface area contributed by atoms with Crippen LogP contribution < -0.4 is 0 Å². The Bertz CT molecular complexity index is 1210. The van der Waals surface area contributed by atoms with Gasteiger partial charge >= 0.3 is 0 Å². The summed E-state index contributed by atoms with van der Waals surface area (Å²) in [6.45, 7) is -0.162. The number of aliphatic imine (C=N–C) groups is 1. The van der Waals surface area contributed by atoms with Crippen LogP contribution in [0, 0.1) is 5.82 Å². The van der Waals surface area contributed by atoms with Crippen LogP contribution in [-0.2, 0) is 27.5 Å². The van der Waals surface area contributed by atoms with Crippen LogP contribution in [0.2, 0.25) is 5.02 Å². The van der Waals surface area contributed by atoms with Crippen LogP contribution in [0.5, 0.6) is 0 Å². The second-order valence-electron chi connectivity index (χ2n) is 6.14. The average Bonchev–Trinajstić information content (AvgIpc) is 2.97. The van der Waals surface area contributed by atoms with E-state index in [-0.39, 0.29) is 19.0 Å². The third-order valence-electron chi connectivity index (χ3n) is 4.16. The van der Waals surface area contributed by atoms with Gasteiger partial charge in [-0.1, -0.05) is 23.7 Å². The molecule has 2 heterocycles. The van der Waals surface area contributed by atoms with E-state index < -0.39 is 15.9 Å². The summed E-state index contributed by atoms with van der Waals surface area (Å²) in [4.78, 5) is 4.54. The van der Waals surface area contributed by atoms with Crippen LogP contribution in [0.3, 0.4) is 0 Å². The molecule has 2 aromatic carbocycles. The lowest BCUT2D eigenvalue weighted by Gasteiger charge is -2.14. The second kappa shape index (κ2) is 7.08. The highest BCUT2D eigenvalue weighted by atomic mass is 35.5. The summed E-state index contributed by atoms with van der Waals surface area (Å²) in [5, 5.41) is 8.57. The van der Waals surface area contributed by atoms with E-state index in [0.717, 1.165) is 6.26 Å². The SMILES string of the molecule is CS(=O)(=O)OCc1nnc2n1-c1ccc(Cl)cc1C(c1ccccc1F)=NC2. The van der Waals surface area contributed by atoms with Crippen LogP contribution in [-0.4, -0.2) is 35.1 Å². The topological polar surface area (TPSA) is 86.4 Å². The van der Waals surface area contributed by atoms with Gasteiger partial charge in [0, 0.05) is 16.1 Å². The van der Waals surface area contributed by atoms with Gasteiger partial charge in [-0.15, -0.1) is 10.2 Å². The Balaban J connectivity index is 1.89. The fourth-order valence-corrected chi connectivity index (χ4v) is 3.49. The molecule has 0 amide bonds. The van der Waals surface area contributed by atoms with Crippen LogP contribution in [0.25, 0.3) is 5.69 Å². The minimum Gasteiger partial charge on any atom is -0.279 e.